The summed E-state index contributed by atoms with van der Waals surface area (Å²) in [6.45, 7) is 2.70. The van der Waals surface area contributed by atoms with Gasteiger partial charge in [0.2, 0.25) is 11.8 Å². The summed E-state index contributed by atoms with van der Waals surface area (Å²) >= 11 is 0. The quantitative estimate of drug-likeness (QED) is 0.775. The van der Waals surface area contributed by atoms with Crippen molar-refractivity contribution < 1.29 is 14.3 Å². The van der Waals surface area contributed by atoms with Crippen LogP contribution in [0.15, 0.2) is 6.33 Å². The predicted octanol–water partition coefficient (Wildman–Crippen LogP) is 0.223. The SMILES string of the molecule is COc1ncnc(OC)c1C(=O)NCCC1CCNC1. The number of ether oxygens (including phenoxy) is 2. The Bertz CT molecular complexity index is 439. The van der Waals surface area contributed by atoms with Gasteiger partial charge in [-0.3, -0.25) is 4.79 Å². The Morgan fingerprint density at radius 3 is 2.65 bits per heavy atom. The van der Waals surface area contributed by atoms with Crippen LogP contribution in [-0.2, 0) is 0 Å². The first-order valence-electron chi connectivity index (χ1n) is 6.68. The van der Waals surface area contributed by atoms with Crippen LogP contribution in [0.25, 0.3) is 0 Å². The third-order valence-corrected chi connectivity index (χ3v) is 3.39. The molecule has 0 spiro atoms. The summed E-state index contributed by atoms with van der Waals surface area (Å²) in [7, 11) is 2.92. The van der Waals surface area contributed by atoms with Gasteiger partial charge in [-0.1, -0.05) is 0 Å². The maximum atomic E-state index is 12.2. The van der Waals surface area contributed by atoms with E-state index < -0.39 is 0 Å². The van der Waals surface area contributed by atoms with Crippen LogP contribution in [0.1, 0.15) is 23.2 Å². The molecule has 1 aliphatic heterocycles. The van der Waals surface area contributed by atoms with Gasteiger partial charge in [0.25, 0.3) is 5.91 Å². The number of aromatic nitrogens is 2. The summed E-state index contributed by atoms with van der Waals surface area (Å²) in [5, 5.41) is 6.17. The first-order valence-corrected chi connectivity index (χ1v) is 6.68. The van der Waals surface area contributed by atoms with Crippen LogP contribution in [0.5, 0.6) is 11.8 Å². The summed E-state index contributed by atoms with van der Waals surface area (Å²) in [6, 6.07) is 0. The molecule has 2 N–H and O–H groups in total. The largest absolute Gasteiger partial charge is 0.480 e. The third kappa shape index (κ3) is 3.36. The van der Waals surface area contributed by atoms with Crippen LogP contribution in [0.2, 0.25) is 0 Å². The standard InChI is InChI=1S/C13H20N4O3/c1-19-12-10(13(20-2)17-8-16-12)11(18)15-6-4-9-3-5-14-7-9/h8-9,14H,3-7H2,1-2H3,(H,15,18). The summed E-state index contributed by atoms with van der Waals surface area (Å²) < 4.78 is 10.2. The van der Waals surface area contributed by atoms with Gasteiger partial charge >= 0.3 is 0 Å². The van der Waals surface area contributed by atoms with Gasteiger partial charge < -0.3 is 20.1 Å². The molecule has 1 atom stereocenters. The molecule has 1 saturated heterocycles. The first kappa shape index (κ1) is 14.5. The maximum absolute atomic E-state index is 12.2. The second-order valence-corrected chi connectivity index (χ2v) is 4.67. The fourth-order valence-electron chi connectivity index (χ4n) is 2.30. The molecule has 1 fully saturated rings. The number of nitrogens with zero attached hydrogens (tertiary/aromatic N) is 2. The van der Waals surface area contributed by atoms with Gasteiger partial charge in [-0.05, 0) is 31.8 Å². The highest BCUT2D eigenvalue weighted by Gasteiger charge is 2.21. The molecule has 1 aliphatic rings. The molecule has 1 aromatic rings. The zero-order chi connectivity index (χ0) is 14.4. The van der Waals surface area contributed by atoms with Crippen LogP contribution >= 0.6 is 0 Å². The zero-order valence-corrected chi connectivity index (χ0v) is 11.8. The molecule has 1 unspecified atom stereocenters. The fraction of sp³-hybridized carbons (Fsp3) is 0.615. The van der Waals surface area contributed by atoms with E-state index in [0.29, 0.717) is 12.5 Å². The van der Waals surface area contributed by atoms with Crippen LogP contribution < -0.4 is 20.1 Å². The number of carbonyl (C=O) groups excluding carboxylic acids is 1. The van der Waals surface area contributed by atoms with Crippen molar-refractivity contribution in [2.45, 2.75) is 12.8 Å². The third-order valence-electron chi connectivity index (χ3n) is 3.39. The highest BCUT2D eigenvalue weighted by Crippen LogP contribution is 2.23. The molecule has 0 radical (unpaired) electrons. The van der Waals surface area contributed by atoms with Crippen molar-refractivity contribution >= 4 is 5.91 Å². The molecule has 7 nitrogen and oxygen atoms in total. The molecule has 1 amide bonds. The number of carbonyl (C=O) groups is 1. The van der Waals surface area contributed by atoms with E-state index in [9.17, 15) is 4.79 Å². The molecule has 110 valence electrons. The number of methoxy groups -OCH3 is 2. The molecule has 1 aromatic heterocycles. The van der Waals surface area contributed by atoms with Crippen molar-refractivity contribution in [1.29, 1.82) is 0 Å². The minimum absolute atomic E-state index is 0.219. The Balaban J connectivity index is 1.97. The summed E-state index contributed by atoms with van der Waals surface area (Å²) in [5.74, 6) is 0.796. The number of hydrogen-bond donors (Lipinski definition) is 2. The number of rotatable bonds is 6. The minimum atomic E-state index is -0.273. The van der Waals surface area contributed by atoms with Crippen molar-refractivity contribution in [3.8, 4) is 11.8 Å². The monoisotopic (exact) mass is 280 g/mol. The molecule has 2 rings (SSSR count). The number of hydrogen-bond acceptors (Lipinski definition) is 6. The Morgan fingerprint density at radius 1 is 1.40 bits per heavy atom. The van der Waals surface area contributed by atoms with E-state index in [0.717, 1.165) is 25.9 Å². The van der Waals surface area contributed by atoms with Crippen molar-refractivity contribution in [1.82, 2.24) is 20.6 Å². The maximum Gasteiger partial charge on any atom is 0.262 e. The van der Waals surface area contributed by atoms with Crippen LogP contribution in [-0.4, -0.2) is 49.7 Å². The first-order chi connectivity index (χ1) is 9.76. The van der Waals surface area contributed by atoms with Crippen molar-refractivity contribution in [2.75, 3.05) is 33.9 Å². The van der Waals surface area contributed by atoms with Crippen LogP contribution in [0.4, 0.5) is 0 Å². The van der Waals surface area contributed by atoms with E-state index in [-0.39, 0.29) is 23.2 Å². The lowest BCUT2D eigenvalue weighted by molar-refractivity contribution is 0.0943. The highest BCUT2D eigenvalue weighted by molar-refractivity contribution is 5.98. The minimum Gasteiger partial charge on any atom is -0.480 e. The Hall–Kier alpha value is -1.89. The molecule has 0 aromatic carbocycles. The normalized spacial score (nSPS) is 17.8. The molecule has 7 heteroatoms. The van der Waals surface area contributed by atoms with E-state index in [1.54, 1.807) is 0 Å². The highest BCUT2D eigenvalue weighted by atomic mass is 16.5. The zero-order valence-electron chi connectivity index (χ0n) is 11.8. The lowest BCUT2D eigenvalue weighted by Gasteiger charge is -2.12. The Labute approximate surface area is 118 Å². The van der Waals surface area contributed by atoms with Gasteiger partial charge in [-0.2, -0.15) is 0 Å². The van der Waals surface area contributed by atoms with Crippen LogP contribution in [0, 0.1) is 5.92 Å². The van der Waals surface area contributed by atoms with Crippen molar-refractivity contribution in [3.05, 3.63) is 11.9 Å². The Kier molecular flexibility index (Phi) is 5.11. The van der Waals surface area contributed by atoms with Crippen LogP contribution in [0.3, 0.4) is 0 Å². The molecular weight excluding hydrogens is 260 g/mol. The average molecular weight is 280 g/mol. The molecule has 2 heterocycles. The van der Waals surface area contributed by atoms with Gasteiger partial charge in [-0.25, -0.2) is 9.97 Å². The number of amides is 1. The molecular formula is C13H20N4O3. The van der Waals surface area contributed by atoms with E-state index in [1.807, 2.05) is 0 Å². The second-order valence-electron chi connectivity index (χ2n) is 4.67. The molecule has 20 heavy (non-hydrogen) atoms. The van der Waals surface area contributed by atoms with Gasteiger partial charge in [0.15, 0.2) is 5.56 Å². The Morgan fingerprint density at radius 2 is 2.10 bits per heavy atom. The smallest absolute Gasteiger partial charge is 0.262 e. The van der Waals surface area contributed by atoms with E-state index in [2.05, 4.69) is 20.6 Å². The van der Waals surface area contributed by atoms with Gasteiger partial charge in [0.1, 0.15) is 6.33 Å². The summed E-state index contributed by atoms with van der Waals surface area (Å²) in [4.78, 5) is 20.1. The topological polar surface area (TPSA) is 85.4 Å². The number of nitrogens with one attached hydrogen (secondary N) is 2. The molecule has 0 saturated carbocycles. The van der Waals surface area contributed by atoms with Gasteiger partial charge in [-0.15, -0.1) is 0 Å². The van der Waals surface area contributed by atoms with E-state index in [4.69, 9.17) is 9.47 Å². The average Bonchev–Trinajstić information content (AvgIpc) is 2.99. The molecule has 0 bridgehead atoms. The predicted molar refractivity (Wildman–Crippen MR) is 73.1 cm³/mol. The van der Waals surface area contributed by atoms with E-state index >= 15 is 0 Å². The lowest BCUT2D eigenvalue weighted by atomic mass is 10.1. The van der Waals surface area contributed by atoms with E-state index in [1.165, 1.54) is 20.5 Å². The van der Waals surface area contributed by atoms with Gasteiger partial charge in [0, 0.05) is 6.54 Å². The van der Waals surface area contributed by atoms with Gasteiger partial charge in [0.05, 0.1) is 14.2 Å². The fourth-order valence-corrected chi connectivity index (χ4v) is 2.30. The summed E-state index contributed by atoms with van der Waals surface area (Å²) in [5.41, 5.74) is 0.238. The van der Waals surface area contributed by atoms with Crippen molar-refractivity contribution in [2.24, 2.45) is 5.92 Å². The molecule has 0 aliphatic carbocycles. The van der Waals surface area contributed by atoms with Crippen molar-refractivity contribution in [3.63, 3.8) is 0 Å². The second kappa shape index (κ2) is 7.04. The summed E-state index contributed by atoms with van der Waals surface area (Å²) in [6.07, 6.45) is 3.42. The lowest BCUT2D eigenvalue weighted by Crippen LogP contribution is -2.27.